The normalized spacial score (nSPS) is 11.3. The summed E-state index contributed by atoms with van der Waals surface area (Å²) in [5.74, 6) is -0.742. The first kappa shape index (κ1) is 28.0. The minimum atomic E-state index is -1.20. The summed E-state index contributed by atoms with van der Waals surface area (Å²) >= 11 is 17.3. The van der Waals surface area contributed by atoms with E-state index in [0.29, 0.717) is 33.4 Å². The van der Waals surface area contributed by atoms with Crippen LogP contribution in [0, 0.1) is 0 Å². The third kappa shape index (κ3) is 6.82. The van der Waals surface area contributed by atoms with Gasteiger partial charge in [-0.2, -0.15) is 0 Å². The second kappa shape index (κ2) is 12.6. The first-order chi connectivity index (χ1) is 17.7. The van der Waals surface area contributed by atoms with Crippen LogP contribution in [0.2, 0.25) is 10.0 Å². The molecule has 0 spiro atoms. The van der Waals surface area contributed by atoms with Crippen molar-refractivity contribution < 1.29 is 24.2 Å². The minimum Gasteiger partial charge on any atom is -0.496 e. The molecule has 3 aromatic carbocycles. The maximum absolute atomic E-state index is 12.7. The van der Waals surface area contributed by atoms with Gasteiger partial charge in [0, 0.05) is 31.3 Å². The van der Waals surface area contributed by atoms with E-state index in [1.165, 1.54) is 12.1 Å². The number of methoxy groups -OCH3 is 2. The quantitative estimate of drug-likeness (QED) is 0.270. The number of halogens is 2. The van der Waals surface area contributed by atoms with Crippen molar-refractivity contribution in [2.75, 3.05) is 26.6 Å². The van der Waals surface area contributed by atoms with Crippen molar-refractivity contribution in [2.45, 2.75) is 12.5 Å². The van der Waals surface area contributed by atoms with Crippen LogP contribution >= 0.6 is 35.4 Å². The smallest absolute Gasteiger partial charge is 0.326 e. The van der Waals surface area contributed by atoms with E-state index in [4.69, 9.17) is 44.9 Å². The van der Waals surface area contributed by atoms with Crippen LogP contribution in [0.25, 0.3) is 11.1 Å². The van der Waals surface area contributed by atoms with E-state index < -0.39 is 17.9 Å². The van der Waals surface area contributed by atoms with E-state index in [0.717, 1.165) is 5.56 Å². The zero-order valence-corrected chi connectivity index (χ0v) is 22.6. The lowest BCUT2D eigenvalue weighted by molar-refractivity contribution is -0.139. The van der Waals surface area contributed by atoms with Gasteiger partial charge in [-0.1, -0.05) is 53.5 Å². The lowest BCUT2D eigenvalue weighted by atomic mass is 9.98. The maximum Gasteiger partial charge on any atom is 0.326 e. The second-order valence-corrected chi connectivity index (χ2v) is 9.04. The van der Waals surface area contributed by atoms with Gasteiger partial charge >= 0.3 is 5.97 Å². The average Bonchev–Trinajstić information content (AvgIpc) is 2.88. The highest BCUT2D eigenvalue weighted by Crippen LogP contribution is 2.41. The second-order valence-electron chi connectivity index (χ2n) is 7.82. The molecule has 3 aromatic rings. The molecule has 1 amide bonds. The molecule has 0 aromatic heterocycles. The van der Waals surface area contributed by atoms with Gasteiger partial charge in [-0.3, -0.25) is 4.79 Å². The Kier molecular flexibility index (Phi) is 9.57. The van der Waals surface area contributed by atoms with Gasteiger partial charge in [0.1, 0.15) is 17.5 Å². The van der Waals surface area contributed by atoms with Crippen LogP contribution in [0.4, 0.5) is 5.69 Å². The van der Waals surface area contributed by atoms with Crippen molar-refractivity contribution in [1.82, 2.24) is 10.6 Å². The molecule has 8 nitrogen and oxygen atoms in total. The first-order valence-electron chi connectivity index (χ1n) is 11.0. The molecule has 0 saturated heterocycles. The lowest BCUT2D eigenvalue weighted by Gasteiger charge is -2.18. The van der Waals surface area contributed by atoms with Gasteiger partial charge in [0.05, 0.1) is 35.4 Å². The van der Waals surface area contributed by atoms with Crippen molar-refractivity contribution in [2.24, 2.45) is 0 Å². The number of benzene rings is 3. The largest absolute Gasteiger partial charge is 0.496 e. The summed E-state index contributed by atoms with van der Waals surface area (Å²) < 4.78 is 11.2. The van der Waals surface area contributed by atoms with Crippen molar-refractivity contribution in [3.05, 3.63) is 75.8 Å². The number of aliphatic carboxylic acids is 1. The molecule has 0 fully saturated rings. The highest BCUT2D eigenvalue weighted by Gasteiger charge is 2.24. The Morgan fingerprint density at radius 3 is 2.05 bits per heavy atom. The molecular weight excluding hydrogens is 537 g/mol. The first-order valence-corrected chi connectivity index (χ1v) is 12.2. The number of carbonyl (C=O) groups excluding carboxylic acids is 1. The molecule has 194 valence electrons. The van der Waals surface area contributed by atoms with Crippen LogP contribution in [0.15, 0.2) is 54.6 Å². The molecule has 3 rings (SSSR count). The van der Waals surface area contributed by atoms with Gasteiger partial charge < -0.3 is 30.5 Å². The molecule has 0 heterocycles. The molecule has 11 heteroatoms. The Morgan fingerprint density at radius 1 is 1.00 bits per heavy atom. The zero-order valence-electron chi connectivity index (χ0n) is 20.2. The Hall–Kier alpha value is -3.53. The number of rotatable bonds is 9. The zero-order chi connectivity index (χ0) is 27.1. The van der Waals surface area contributed by atoms with Gasteiger partial charge in [0.2, 0.25) is 0 Å². The molecule has 4 N–H and O–H groups in total. The number of carbonyl (C=O) groups is 2. The third-order valence-electron chi connectivity index (χ3n) is 5.47. The summed E-state index contributed by atoms with van der Waals surface area (Å²) in [5.41, 5.74) is 2.91. The Labute approximate surface area is 229 Å². The van der Waals surface area contributed by atoms with E-state index in [9.17, 15) is 14.7 Å². The molecule has 0 aliphatic rings. The summed E-state index contributed by atoms with van der Waals surface area (Å²) in [5, 5.41) is 18.8. The summed E-state index contributed by atoms with van der Waals surface area (Å²) in [4.78, 5) is 24.6. The molecule has 0 aliphatic carbocycles. The molecule has 0 aliphatic heterocycles. The van der Waals surface area contributed by atoms with Crippen molar-refractivity contribution in [3.8, 4) is 22.6 Å². The van der Waals surface area contributed by atoms with Crippen LogP contribution in [0.1, 0.15) is 15.9 Å². The Bertz CT molecular complexity index is 1270. The topological polar surface area (TPSA) is 109 Å². The van der Waals surface area contributed by atoms with E-state index >= 15 is 0 Å². The van der Waals surface area contributed by atoms with Gasteiger partial charge in [0.15, 0.2) is 5.11 Å². The fourth-order valence-electron chi connectivity index (χ4n) is 3.65. The SMILES string of the molecule is CNC(=S)Nc1cc(OC)c(-c2ccc(C[C@H](NC(=O)c3c(Cl)cccc3Cl)C(=O)O)cc2)c(OC)c1. The number of hydrogen-bond acceptors (Lipinski definition) is 5. The molecule has 0 saturated carbocycles. The predicted octanol–water partition coefficient (Wildman–Crippen LogP) is 5.02. The summed E-state index contributed by atoms with van der Waals surface area (Å²) in [6.07, 6.45) is 0.0437. The highest BCUT2D eigenvalue weighted by atomic mass is 35.5. The molecular formula is C26H25Cl2N3O5S. The average molecular weight is 562 g/mol. The van der Waals surface area contributed by atoms with Gasteiger partial charge in [-0.05, 0) is 35.5 Å². The number of ether oxygens (including phenoxy) is 2. The maximum atomic E-state index is 12.7. The number of amides is 1. The van der Waals surface area contributed by atoms with Crippen LogP contribution in [-0.2, 0) is 11.2 Å². The lowest BCUT2D eigenvalue weighted by Crippen LogP contribution is -2.42. The molecule has 1 atom stereocenters. The van der Waals surface area contributed by atoms with Gasteiger partial charge in [-0.25, -0.2) is 4.79 Å². The molecule has 0 bridgehead atoms. The number of anilines is 1. The number of hydrogen-bond donors (Lipinski definition) is 4. The van der Waals surface area contributed by atoms with Crippen molar-refractivity contribution in [1.29, 1.82) is 0 Å². The Balaban J connectivity index is 1.84. The predicted molar refractivity (Wildman–Crippen MR) is 149 cm³/mol. The number of thiocarbonyl (C=S) groups is 1. The molecule has 0 unspecified atom stereocenters. The Morgan fingerprint density at radius 2 is 1.57 bits per heavy atom. The van der Waals surface area contributed by atoms with E-state index in [-0.39, 0.29) is 22.0 Å². The van der Waals surface area contributed by atoms with Crippen LogP contribution in [-0.4, -0.2) is 49.4 Å². The number of carboxylic acid groups (broad SMARTS) is 1. The fraction of sp³-hybridized carbons (Fsp3) is 0.192. The monoisotopic (exact) mass is 561 g/mol. The van der Waals surface area contributed by atoms with Crippen LogP contribution in [0.3, 0.4) is 0 Å². The van der Waals surface area contributed by atoms with Crippen LogP contribution in [0.5, 0.6) is 11.5 Å². The van der Waals surface area contributed by atoms with Crippen molar-refractivity contribution >= 4 is 58.1 Å². The summed E-state index contributed by atoms with van der Waals surface area (Å²) in [7, 11) is 4.82. The number of nitrogens with one attached hydrogen (secondary N) is 3. The van der Waals surface area contributed by atoms with E-state index in [1.54, 1.807) is 51.6 Å². The minimum absolute atomic E-state index is 0.0278. The van der Waals surface area contributed by atoms with Crippen molar-refractivity contribution in [3.63, 3.8) is 0 Å². The fourth-order valence-corrected chi connectivity index (χ4v) is 4.34. The van der Waals surface area contributed by atoms with Gasteiger partial charge in [0.25, 0.3) is 5.91 Å². The third-order valence-corrected chi connectivity index (χ3v) is 6.40. The van der Waals surface area contributed by atoms with E-state index in [2.05, 4.69) is 16.0 Å². The highest BCUT2D eigenvalue weighted by molar-refractivity contribution is 7.80. The van der Waals surface area contributed by atoms with Gasteiger partial charge in [-0.15, -0.1) is 0 Å². The summed E-state index contributed by atoms with van der Waals surface area (Å²) in [6.45, 7) is 0. The summed E-state index contributed by atoms with van der Waals surface area (Å²) in [6, 6.07) is 14.2. The van der Waals surface area contributed by atoms with E-state index in [1.807, 2.05) is 12.1 Å². The number of carboxylic acids is 1. The molecule has 0 radical (unpaired) electrons. The van der Waals surface area contributed by atoms with Crippen LogP contribution < -0.4 is 25.4 Å². The standard InChI is InChI=1S/C26H25Cl2N3O5S/c1-29-26(37)30-16-12-20(35-2)22(21(13-16)36-3)15-9-7-14(8-10-15)11-19(25(33)34)31-24(32)23-17(27)5-4-6-18(23)28/h4-10,12-13,19H,11H2,1-3H3,(H,31,32)(H,33,34)(H2,29,30,37)/t19-/m0/s1. The molecule has 37 heavy (non-hydrogen) atoms.